The van der Waals surface area contributed by atoms with Crippen LogP contribution >= 0.6 is 0 Å². The van der Waals surface area contributed by atoms with Crippen molar-refractivity contribution in [1.82, 2.24) is 0 Å². The van der Waals surface area contributed by atoms with Gasteiger partial charge in [0.05, 0.1) is 10.6 Å². The first-order valence-electron chi connectivity index (χ1n) is 10.9. The molecular weight excluding hydrogens is 340 g/mol. The van der Waals surface area contributed by atoms with E-state index in [1.165, 1.54) is 77.0 Å². The van der Waals surface area contributed by atoms with Crippen LogP contribution in [0.25, 0.3) is 0 Å². The Hall–Kier alpha value is -0.830. The summed E-state index contributed by atoms with van der Waals surface area (Å²) in [4.78, 5) is 0.470. The van der Waals surface area contributed by atoms with Crippen LogP contribution in [0.5, 0.6) is 0 Å². The summed E-state index contributed by atoms with van der Waals surface area (Å²) in [5.41, 5.74) is 1.10. The highest BCUT2D eigenvalue weighted by atomic mass is 32.2. The molecule has 0 spiro atoms. The topological polar surface area (TPSA) is 34.1 Å². The molecule has 0 amide bonds. The van der Waals surface area contributed by atoms with Crippen molar-refractivity contribution in [3.63, 3.8) is 0 Å². The van der Waals surface area contributed by atoms with Crippen LogP contribution in [-0.2, 0) is 9.84 Å². The number of aryl methyl sites for hydroxylation is 1. The van der Waals surface area contributed by atoms with Gasteiger partial charge >= 0.3 is 0 Å². The minimum atomic E-state index is -3.09. The lowest BCUT2D eigenvalue weighted by Gasteiger charge is -2.05. The number of benzene rings is 1. The SMILES string of the molecule is CCCCCCCCCCCCCCCCS(=O)(=O)c1ccc(C)cc1. The van der Waals surface area contributed by atoms with Crippen LogP contribution in [0.1, 0.15) is 102 Å². The molecule has 0 unspecified atom stereocenters. The monoisotopic (exact) mass is 380 g/mol. The van der Waals surface area contributed by atoms with E-state index < -0.39 is 9.84 Å². The van der Waals surface area contributed by atoms with E-state index >= 15 is 0 Å². The van der Waals surface area contributed by atoms with Crippen molar-refractivity contribution < 1.29 is 8.42 Å². The molecule has 0 atom stereocenters. The number of unbranched alkanes of at least 4 members (excludes halogenated alkanes) is 13. The summed E-state index contributed by atoms with van der Waals surface area (Å²) in [6.07, 6.45) is 18.0. The lowest BCUT2D eigenvalue weighted by molar-refractivity contribution is 0.537. The number of rotatable bonds is 16. The predicted molar refractivity (Wildman–Crippen MR) is 114 cm³/mol. The molecule has 2 nitrogen and oxygen atoms in total. The molecule has 26 heavy (non-hydrogen) atoms. The first-order valence-corrected chi connectivity index (χ1v) is 12.5. The van der Waals surface area contributed by atoms with Crippen LogP contribution in [0.4, 0.5) is 0 Å². The van der Waals surface area contributed by atoms with Gasteiger partial charge in [0.15, 0.2) is 9.84 Å². The van der Waals surface area contributed by atoms with E-state index in [0.717, 1.165) is 18.4 Å². The zero-order valence-electron chi connectivity index (χ0n) is 17.1. The molecule has 1 rings (SSSR count). The van der Waals surface area contributed by atoms with Gasteiger partial charge in [0.2, 0.25) is 0 Å². The van der Waals surface area contributed by atoms with Crippen LogP contribution in [0.15, 0.2) is 29.2 Å². The third-order valence-corrected chi connectivity index (χ3v) is 6.96. The van der Waals surface area contributed by atoms with Crippen LogP contribution in [0, 0.1) is 6.92 Å². The normalized spacial score (nSPS) is 11.8. The summed E-state index contributed by atoms with van der Waals surface area (Å²) in [6.45, 7) is 4.24. The lowest BCUT2D eigenvalue weighted by atomic mass is 10.0. The van der Waals surface area contributed by atoms with E-state index in [9.17, 15) is 8.42 Å². The smallest absolute Gasteiger partial charge is 0.178 e. The van der Waals surface area contributed by atoms with Crippen LogP contribution in [0.3, 0.4) is 0 Å². The maximum atomic E-state index is 12.3. The van der Waals surface area contributed by atoms with Crippen molar-refractivity contribution in [2.75, 3.05) is 5.75 Å². The molecule has 3 heteroatoms. The summed E-state index contributed by atoms with van der Waals surface area (Å²) < 4.78 is 24.5. The number of hydrogen-bond acceptors (Lipinski definition) is 2. The Bertz CT molecular complexity index is 546. The van der Waals surface area contributed by atoms with Gasteiger partial charge in [-0.1, -0.05) is 108 Å². The Labute approximate surface area is 162 Å². The highest BCUT2D eigenvalue weighted by Gasteiger charge is 2.13. The molecule has 0 heterocycles. The molecule has 150 valence electrons. The molecule has 0 saturated carbocycles. The van der Waals surface area contributed by atoms with E-state index in [2.05, 4.69) is 6.92 Å². The van der Waals surface area contributed by atoms with Crippen molar-refractivity contribution in [1.29, 1.82) is 0 Å². The van der Waals surface area contributed by atoms with Gasteiger partial charge in [-0.2, -0.15) is 0 Å². The quantitative estimate of drug-likeness (QED) is 0.283. The zero-order valence-corrected chi connectivity index (χ0v) is 18.0. The van der Waals surface area contributed by atoms with Gasteiger partial charge in [-0.05, 0) is 25.5 Å². The van der Waals surface area contributed by atoms with Crippen molar-refractivity contribution in [3.8, 4) is 0 Å². The maximum Gasteiger partial charge on any atom is 0.178 e. The minimum Gasteiger partial charge on any atom is -0.224 e. The highest BCUT2D eigenvalue weighted by Crippen LogP contribution is 2.16. The molecule has 0 aliphatic carbocycles. The summed E-state index contributed by atoms with van der Waals surface area (Å²) in [5.74, 6) is 0.286. The zero-order chi connectivity index (χ0) is 19.1. The molecule has 0 saturated heterocycles. The van der Waals surface area contributed by atoms with E-state index in [0.29, 0.717) is 4.90 Å². The molecule has 0 aliphatic heterocycles. The first kappa shape index (κ1) is 23.2. The van der Waals surface area contributed by atoms with E-state index in [1.807, 2.05) is 19.1 Å². The van der Waals surface area contributed by atoms with Crippen LogP contribution in [0.2, 0.25) is 0 Å². The molecular formula is C23H40O2S. The van der Waals surface area contributed by atoms with Crippen LogP contribution < -0.4 is 0 Å². The van der Waals surface area contributed by atoms with Gasteiger partial charge in [0.25, 0.3) is 0 Å². The summed E-state index contributed by atoms with van der Waals surface area (Å²) in [6, 6.07) is 7.21. The molecule has 0 aliphatic rings. The summed E-state index contributed by atoms with van der Waals surface area (Å²) in [7, 11) is -3.09. The molecule has 1 aromatic rings. The second-order valence-corrected chi connectivity index (χ2v) is 9.84. The second kappa shape index (κ2) is 14.3. The largest absolute Gasteiger partial charge is 0.224 e. The predicted octanol–water partition coefficient (Wildman–Crippen LogP) is 7.25. The van der Waals surface area contributed by atoms with Gasteiger partial charge in [-0.3, -0.25) is 0 Å². The standard InChI is InChI=1S/C23H40O2S/c1-3-4-5-6-7-8-9-10-11-12-13-14-15-16-21-26(24,25)23-19-17-22(2)18-20-23/h17-20H,3-16,21H2,1-2H3. The third kappa shape index (κ3) is 11.0. The maximum absolute atomic E-state index is 12.3. The lowest BCUT2D eigenvalue weighted by Crippen LogP contribution is -2.06. The Kier molecular flexibility index (Phi) is 12.7. The molecule has 1 aromatic carbocycles. The van der Waals surface area contributed by atoms with Crippen LogP contribution in [-0.4, -0.2) is 14.2 Å². The van der Waals surface area contributed by atoms with Gasteiger partial charge in [-0.25, -0.2) is 8.42 Å². The number of sulfone groups is 1. The second-order valence-electron chi connectivity index (χ2n) is 7.73. The van der Waals surface area contributed by atoms with Crippen molar-refractivity contribution in [2.45, 2.75) is 109 Å². The fraction of sp³-hybridized carbons (Fsp3) is 0.739. The van der Waals surface area contributed by atoms with Crippen molar-refractivity contribution >= 4 is 9.84 Å². The number of hydrogen-bond donors (Lipinski definition) is 0. The molecule has 0 N–H and O–H groups in total. The molecule has 0 aromatic heterocycles. The van der Waals surface area contributed by atoms with Gasteiger partial charge < -0.3 is 0 Å². The minimum absolute atomic E-state index is 0.286. The van der Waals surface area contributed by atoms with E-state index in [4.69, 9.17) is 0 Å². The van der Waals surface area contributed by atoms with Gasteiger partial charge in [-0.15, -0.1) is 0 Å². The highest BCUT2D eigenvalue weighted by molar-refractivity contribution is 7.91. The average molecular weight is 381 g/mol. The first-order chi connectivity index (χ1) is 12.6. The van der Waals surface area contributed by atoms with Gasteiger partial charge in [0.1, 0.15) is 0 Å². The fourth-order valence-corrected chi connectivity index (χ4v) is 4.72. The molecule has 0 bridgehead atoms. The molecule has 0 radical (unpaired) electrons. The molecule has 0 fully saturated rings. The fourth-order valence-electron chi connectivity index (χ4n) is 3.35. The Morgan fingerprint density at radius 2 is 1.00 bits per heavy atom. The summed E-state index contributed by atoms with van der Waals surface area (Å²) in [5, 5.41) is 0. The van der Waals surface area contributed by atoms with E-state index in [-0.39, 0.29) is 5.75 Å². The Morgan fingerprint density at radius 3 is 1.42 bits per heavy atom. The van der Waals surface area contributed by atoms with Crippen molar-refractivity contribution in [3.05, 3.63) is 29.8 Å². The summed E-state index contributed by atoms with van der Waals surface area (Å²) >= 11 is 0. The van der Waals surface area contributed by atoms with E-state index in [1.54, 1.807) is 12.1 Å². The Morgan fingerprint density at radius 1 is 0.615 bits per heavy atom. The van der Waals surface area contributed by atoms with Gasteiger partial charge in [0, 0.05) is 0 Å². The van der Waals surface area contributed by atoms with Crippen molar-refractivity contribution in [2.24, 2.45) is 0 Å². The average Bonchev–Trinajstić information content (AvgIpc) is 2.62. The third-order valence-electron chi connectivity index (χ3n) is 5.15. The Balaban J connectivity index is 1.94.